The van der Waals surface area contributed by atoms with E-state index in [1.807, 2.05) is 0 Å². The zero-order valence-corrected chi connectivity index (χ0v) is 10.6. The molecule has 0 spiro atoms. The molecule has 8 nitrogen and oxygen atoms in total. The molecule has 0 aromatic heterocycles. The van der Waals surface area contributed by atoms with Gasteiger partial charge in [-0.1, -0.05) is 0 Å². The minimum atomic E-state index is -0.640. The quantitative estimate of drug-likeness (QED) is 0.533. The first-order valence-electron chi connectivity index (χ1n) is 6.30. The number of fused-ring (bicyclic) bond motifs is 2. The van der Waals surface area contributed by atoms with Crippen molar-refractivity contribution in [2.75, 3.05) is 0 Å². The molecule has 0 heterocycles. The van der Waals surface area contributed by atoms with Gasteiger partial charge in [0.1, 0.15) is 0 Å². The van der Waals surface area contributed by atoms with Crippen LogP contribution in [0.1, 0.15) is 32.1 Å². The van der Waals surface area contributed by atoms with Gasteiger partial charge in [0.15, 0.2) is 0 Å². The van der Waals surface area contributed by atoms with Gasteiger partial charge < -0.3 is 11.5 Å². The Bertz CT molecular complexity index is 404. The highest BCUT2D eigenvalue weighted by molar-refractivity contribution is 5.95. The van der Waals surface area contributed by atoms with E-state index >= 15 is 0 Å². The Morgan fingerprint density at radius 2 is 1.37 bits per heavy atom. The SMILES string of the molecule is NC(=O)N/N=C1/CC[C@@H]2C[C@@H]1CC/C2=N\NC(N)=O. The van der Waals surface area contributed by atoms with Crippen LogP contribution in [0.3, 0.4) is 0 Å². The Hall–Kier alpha value is -2.12. The molecule has 0 aliphatic heterocycles. The van der Waals surface area contributed by atoms with Gasteiger partial charge in [0.2, 0.25) is 0 Å². The highest BCUT2D eigenvalue weighted by atomic mass is 16.2. The summed E-state index contributed by atoms with van der Waals surface area (Å²) in [6.45, 7) is 0. The van der Waals surface area contributed by atoms with Gasteiger partial charge in [-0.25, -0.2) is 20.4 Å². The van der Waals surface area contributed by atoms with Crippen molar-refractivity contribution in [3.05, 3.63) is 0 Å². The Balaban J connectivity index is 1.98. The van der Waals surface area contributed by atoms with Crippen LogP contribution in [-0.2, 0) is 0 Å². The first-order valence-corrected chi connectivity index (χ1v) is 6.30. The molecular weight excluding hydrogens is 248 g/mol. The summed E-state index contributed by atoms with van der Waals surface area (Å²) in [4.78, 5) is 21.3. The monoisotopic (exact) mass is 266 g/mol. The van der Waals surface area contributed by atoms with Gasteiger partial charge in [-0.3, -0.25) is 0 Å². The average molecular weight is 266 g/mol. The number of hydrogen-bond acceptors (Lipinski definition) is 4. The summed E-state index contributed by atoms with van der Waals surface area (Å²) in [6.07, 6.45) is 4.39. The highest BCUT2D eigenvalue weighted by Crippen LogP contribution is 2.36. The van der Waals surface area contributed by atoms with Gasteiger partial charge >= 0.3 is 12.1 Å². The molecule has 0 aromatic rings. The topological polar surface area (TPSA) is 135 Å². The molecule has 19 heavy (non-hydrogen) atoms. The van der Waals surface area contributed by atoms with E-state index in [2.05, 4.69) is 21.1 Å². The van der Waals surface area contributed by atoms with Crippen LogP contribution >= 0.6 is 0 Å². The molecule has 2 atom stereocenters. The minimum Gasteiger partial charge on any atom is -0.350 e. The lowest BCUT2D eigenvalue weighted by molar-refractivity contribution is 0.248. The summed E-state index contributed by atoms with van der Waals surface area (Å²) in [6, 6.07) is -1.28. The lowest BCUT2D eigenvalue weighted by atomic mass is 9.70. The molecule has 2 aliphatic rings. The van der Waals surface area contributed by atoms with Crippen LogP contribution < -0.4 is 22.3 Å². The van der Waals surface area contributed by atoms with Crippen molar-refractivity contribution < 1.29 is 9.59 Å². The van der Waals surface area contributed by atoms with Gasteiger partial charge in [0, 0.05) is 23.3 Å². The molecule has 4 amide bonds. The number of nitrogens with two attached hydrogens (primary N) is 2. The molecule has 2 aliphatic carbocycles. The normalized spacial score (nSPS) is 30.1. The first-order chi connectivity index (χ1) is 9.06. The predicted molar refractivity (Wildman–Crippen MR) is 70.4 cm³/mol. The van der Waals surface area contributed by atoms with Crippen molar-refractivity contribution in [3.63, 3.8) is 0 Å². The van der Waals surface area contributed by atoms with Crippen LogP contribution in [0.15, 0.2) is 10.2 Å². The summed E-state index contributed by atoms with van der Waals surface area (Å²) < 4.78 is 0. The Morgan fingerprint density at radius 3 is 1.74 bits per heavy atom. The maximum Gasteiger partial charge on any atom is 0.332 e. The van der Waals surface area contributed by atoms with Gasteiger partial charge in [0.25, 0.3) is 0 Å². The fourth-order valence-corrected chi connectivity index (χ4v) is 2.79. The summed E-state index contributed by atoms with van der Waals surface area (Å²) >= 11 is 0. The minimum absolute atomic E-state index is 0.359. The second-order valence-electron chi connectivity index (χ2n) is 4.87. The van der Waals surface area contributed by atoms with Gasteiger partial charge in [-0.2, -0.15) is 10.2 Å². The molecule has 0 unspecified atom stereocenters. The largest absolute Gasteiger partial charge is 0.350 e. The number of carbonyl (C=O) groups excluding carboxylic acids is 2. The number of carbonyl (C=O) groups is 2. The fourth-order valence-electron chi connectivity index (χ4n) is 2.79. The number of primary amides is 2. The summed E-state index contributed by atoms with van der Waals surface area (Å²) in [5, 5.41) is 8.13. The third-order valence-electron chi connectivity index (χ3n) is 3.63. The van der Waals surface area contributed by atoms with E-state index in [0.29, 0.717) is 11.8 Å². The maximum atomic E-state index is 10.6. The zero-order chi connectivity index (χ0) is 13.8. The molecule has 2 fully saturated rings. The number of rotatable bonds is 2. The molecule has 0 radical (unpaired) electrons. The summed E-state index contributed by atoms with van der Waals surface area (Å²) in [5.41, 5.74) is 16.6. The van der Waals surface area contributed by atoms with Crippen LogP contribution in [0.2, 0.25) is 0 Å². The van der Waals surface area contributed by atoms with Crippen molar-refractivity contribution in [3.8, 4) is 0 Å². The van der Waals surface area contributed by atoms with Crippen LogP contribution in [0.25, 0.3) is 0 Å². The molecule has 104 valence electrons. The van der Waals surface area contributed by atoms with Crippen LogP contribution in [-0.4, -0.2) is 23.5 Å². The molecule has 0 saturated heterocycles. The molecule has 0 aromatic carbocycles. The number of urea groups is 2. The first kappa shape index (κ1) is 13.3. The van der Waals surface area contributed by atoms with Crippen molar-refractivity contribution in [2.45, 2.75) is 32.1 Å². The van der Waals surface area contributed by atoms with E-state index < -0.39 is 12.1 Å². The van der Waals surface area contributed by atoms with Crippen LogP contribution in [0.5, 0.6) is 0 Å². The molecule has 8 heteroatoms. The van der Waals surface area contributed by atoms with E-state index in [4.69, 9.17) is 11.5 Å². The smallest absolute Gasteiger partial charge is 0.332 e. The second kappa shape index (κ2) is 5.68. The fraction of sp³-hybridized carbons (Fsp3) is 0.636. The summed E-state index contributed by atoms with van der Waals surface area (Å²) in [5.74, 6) is 0.719. The van der Waals surface area contributed by atoms with Crippen LogP contribution in [0.4, 0.5) is 9.59 Å². The number of amides is 4. The van der Waals surface area contributed by atoms with E-state index in [0.717, 1.165) is 43.5 Å². The molecule has 2 bridgehead atoms. The average Bonchev–Trinajstić information content (AvgIpc) is 2.36. The predicted octanol–water partition coefficient (Wildman–Crippen LogP) is 0.245. The Labute approximate surface area is 110 Å². The van der Waals surface area contributed by atoms with E-state index in [1.165, 1.54) is 0 Å². The van der Waals surface area contributed by atoms with Gasteiger partial charge in [-0.05, 0) is 32.1 Å². The zero-order valence-electron chi connectivity index (χ0n) is 10.6. The van der Waals surface area contributed by atoms with E-state index in [-0.39, 0.29) is 0 Å². The van der Waals surface area contributed by atoms with Crippen molar-refractivity contribution in [1.29, 1.82) is 0 Å². The number of hydrogen-bond donors (Lipinski definition) is 4. The van der Waals surface area contributed by atoms with Gasteiger partial charge in [-0.15, -0.1) is 0 Å². The third-order valence-corrected chi connectivity index (χ3v) is 3.63. The van der Waals surface area contributed by atoms with Crippen molar-refractivity contribution in [1.82, 2.24) is 10.9 Å². The molecule has 2 rings (SSSR count). The Kier molecular flexibility index (Phi) is 3.98. The van der Waals surface area contributed by atoms with Gasteiger partial charge in [0.05, 0.1) is 0 Å². The maximum absolute atomic E-state index is 10.6. The van der Waals surface area contributed by atoms with E-state index in [1.54, 1.807) is 0 Å². The number of hydrazone groups is 2. The standard InChI is InChI=1S/C11H18N6O2/c12-10(18)16-14-8-3-1-6-5-7(8)2-4-9(6)15-17-11(13)19/h6-7H,1-5H2,(H3,12,16,18)(H3,13,17,19)/b14-8-,15-9+/t6-,7+/m1/s1. The lowest BCUT2D eigenvalue weighted by Gasteiger charge is -2.36. The molecule has 6 N–H and O–H groups in total. The lowest BCUT2D eigenvalue weighted by Crippen LogP contribution is -2.38. The molecular formula is C11H18N6O2. The van der Waals surface area contributed by atoms with Crippen molar-refractivity contribution >= 4 is 23.5 Å². The third kappa shape index (κ3) is 3.43. The number of nitrogens with zero attached hydrogens (tertiary/aromatic N) is 2. The van der Waals surface area contributed by atoms with E-state index in [9.17, 15) is 9.59 Å². The molecule has 2 saturated carbocycles. The second-order valence-corrected chi connectivity index (χ2v) is 4.87. The number of nitrogens with one attached hydrogen (secondary N) is 2. The summed E-state index contributed by atoms with van der Waals surface area (Å²) in [7, 11) is 0. The Morgan fingerprint density at radius 1 is 0.947 bits per heavy atom. The van der Waals surface area contributed by atoms with Crippen molar-refractivity contribution in [2.24, 2.45) is 33.5 Å². The highest BCUT2D eigenvalue weighted by Gasteiger charge is 2.34. The van der Waals surface area contributed by atoms with Crippen LogP contribution in [0, 0.1) is 11.8 Å².